The molecule has 0 N–H and O–H groups in total. The summed E-state index contributed by atoms with van der Waals surface area (Å²) in [7, 11) is 0. The van der Waals surface area contributed by atoms with Crippen molar-refractivity contribution in [1.29, 1.82) is 5.26 Å². The summed E-state index contributed by atoms with van der Waals surface area (Å²) in [6, 6.07) is 8.86. The Kier molecular flexibility index (Phi) is 5.80. The van der Waals surface area contributed by atoms with Gasteiger partial charge in [-0.25, -0.2) is 14.5 Å². The van der Waals surface area contributed by atoms with Crippen molar-refractivity contribution in [1.82, 2.24) is 24.6 Å². The molecule has 3 fully saturated rings. The lowest BCUT2D eigenvalue weighted by Crippen LogP contribution is -2.42. The van der Waals surface area contributed by atoms with Crippen molar-refractivity contribution in [2.45, 2.75) is 63.3 Å². The standard InChI is InChI=1S/C28H30F3N7O2/c1-25(2,3)40-24(39)36-11-8-19(9-12-36)38-17-34-23(35-38)26-14-27(26,28(29,30)31)16-37(15-26)21-7-6-18(13-32)22-20(21)5-4-10-33-22/h4-7,10,17,19H,8-9,11-12,14-16H2,1-3H3/t26-,27-/m0/s1. The van der Waals surface area contributed by atoms with E-state index in [1.54, 1.807) is 44.9 Å². The molecule has 2 aromatic heterocycles. The first-order chi connectivity index (χ1) is 18.9. The van der Waals surface area contributed by atoms with Gasteiger partial charge in [0, 0.05) is 43.4 Å². The monoisotopic (exact) mass is 553 g/mol. The van der Waals surface area contributed by atoms with Gasteiger partial charge in [0.05, 0.1) is 28.0 Å². The number of nitriles is 1. The third-order valence-electron chi connectivity index (χ3n) is 8.49. The largest absolute Gasteiger partial charge is 0.444 e. The molecule has 0 radical (unpaired) electrons. The molecule has 4 heterocycles. The van der Waals surface area contributed by atoms with Crippen LogP contribution in [0.25, 0.3) is 10.9 Å². The number of hydrogen-bond donors (Lipinski definition) is 0. The summed E-state index contributed by atoms with van der Waals surface area (Å²) in [6.07, 6.45) is -0.553. The van der Waals surface area contributed by atoms with E-state index in [1.165, 1.54) is 6.33 Å². The summed E-state index contributed by atoms with van der Waals surface area (Å²) in [4.78, 5) is 24.5. The number of halogens is 3. The number of nitrogens with zero attached hydrogens (tertiary/aromatic N) is 7. The second-order valence-corrected chi connectivity index (χ2v) is 12.1. The third-order valence-corrected chi connectivity index (χ3v) is 8.49. The van der Waals surface area contributed by atoms with Gasteiger partial charge in [0.1, 0.15) is 18.0 Å². The van der Waals surface area contributed by atoms with E-state index in [4.69, 9.17) is 4.74 Å². The second-order valence-electron chi connectivity index (χ2n) is 12.1. The van der Waals surface area contributed by atoms with Crippen molar-refractivity contribution >= 4 is 22.7 Å². The number of aromatic nitrogens is 4. The maximum atomic E-state index is 14.6. The molecule has 1 aromatic carbocycles. The van der Waals surface area contributed by atoms with E-state index in [1.807, 2.05) is 20.8 Å². The Morgan fingerprint density at radius 3 is 2.55 bits per heavy atom. The van der Waals surface area contributed by atoms with Gasteiger partial charge in [-0.1, -0.05) is 0 Å². The first-order valence-electron chi connectivity index (χ1n) is 13.4. The molecule has 0 unspecified atom stereocenters. The number of benzene rings is 1. The summed E-state index contributed by atoms with van der Waals surface area (Å²) >= 11 is 0. The van der Waals surface area contributed by atoms with Gasteiger partial charge in [-0.3, -0.25) is 4.98 Å². The van der Waals surface area contributed by atoms with E-state index in [0.717, 1.165) is 0 Å². The number of rotatable bonds is 3. The molecule has 0 bridgehead atoms. The number of carbonyl (C=O) groups excluding carboxylic acids is 1. The van der Waals surface area contributed by atoms with Crippen molar-refractivity contribution in [3.63, 3.8) is 0 Å². The van der Waals surface area contributed by atoms with Gasteiger partial charge in [0.25, 0.3) is 0 Å². The van der Waals surface area contributed by atoms with E-state index < -0.39 is 22.6 Å². The molecule has 2 aliphatic heterocycles. The Hall–Kier alpha value is -3.88. The van der Waals surface area contributed by atoms with Crippen LogP contribution in [0.2, 0.25) is 0 Å². The number of likely N-dealkylation sites (tertiary alicyclic amines) is 1. The normalized spacial score (nSPS) is 25.1. The van der Waals surface area contributed by atoms with Gasteiger partial charge < -0.3 is 14.5 Å². The average Bonchev–Trinajstić information content (AvgIpc) is 3.21. The fraction of sp³-hybridized carbons (Fsp3) is 0.536. The van der Waals surface area contributed by atoms with Crippen molar-refractivity contribution in [3.8, 4) is 6.07 Å². The van der Waals surface area contributed by atoms with Crippen LogP contribution in [0.15, 0.2) is 36.8 Å². The highest BCUT2D eigenvalue weighted by molar-refractivity contribution is 5.95. The summed E-state index contributed by atoms with van der Waals surface area (Å²) in [5.41, 5.74) is -2.32. The van der Waals surface area contributed by atoms with Crippen LogP contribution >= 0.6 is 0 Å². The summed E-state index contributed by atoms with van der Waals surface area (Å²) in [6.45, 7) is 6.30. The molecular formula is C28H30F3N7O2. The minimum Gasteiger partial charge on any atom is -0.444 e. The number of alkyl halides is 3. The number of hydrogen-bond acceptors (Lipinski definition) is 7. The van der Waals surface area contributed by atoms with Gasteiger partial charge >= 0.3 is 12.3 Å². The predicted octanol–water partition coefficient (Wildman–Crippen LogP) is 4.98. The number of ether oxygens (including phenoxy) is 1. The van der Waals surface area contributed by atoms with Crippen molar-refractivity contribution < 1.29 is 22.7 Å². The van der Waals surface area contributed by atoms with Gasteiger partial charge in [-0.2, -0.15) is 23.5 Å². The van der Waals surface area contributed by atoms with E-state index >= 15 is 0 Å². The highest BCUT2D eigenvalue weighted by Crippen LogP contribution is 2.74. The highest BCUT2D eigenvalue weighted by Gasteiger charge is 2.85. The average molecular weight is 554 g/mol. The lowest BCUT2D eigenvalue weighted by molar-refractivity contribution is -0.186. The summed E-state index contributed by atoms with van der Waals surface area (Å²) < 4.78 is 51.1. The van der Waals surface area contributed by atoms with E-state index in [2.05, 4.69) is 21.1 Å². The summed E-state index contributed by atoms with van der Waals surface area (Å²) in [5.74, 6) is 0.206. The molecule has 2 atom stereocenters. The molecular weight excluding hydrogens is 523 g/mol. The Morgan fingerprint density at radius 1 is 1.12 bits per heavy atom. The Bertz CT molecular complexity index is 1520. The quantitative estimate of drug-likeness (QED) is 0.451. The van der Waals surface area contributed by atoms with Crippen LogP contribution in [0.1, 0.15) is 57.5 Å². The molecule has 6 rings (SSSR count). The molecule has 12 heteroatoms. The maximum absolute atomic E-state index is 14.6. The molecule has 3 aliphatic rings. The molecule has 0 spiro atoms. The molecule has 40 heavy (non-hydrogen) atoms. The Morgan fingerprint density at radius 2 is 1.88 bits per heavy atom. The van der Waals surface area contributed by atoms with Crippen LogP contribution < -0.4 is 4.90 Å². The van der Waals surface area contributed by atoms with Crippen molar-refractivity contribution in [2.75, 3.05) is 31.1 Å². The van der Waals surface area contributed by atoms with Crippen LogP contribution in [0.4, 0.5) is 23.7 Å². The Labute approximate surface area is 229 Å². The predicted molar refractivity (Wildman–Crippen MR) is 140 cm³/mol. The Balaban J connectivity index is 1.25. The lowest BCUT2D eigenvalue weighted by Gasteiger charge is -2.33. The molecule has 210 valence electrons. The second kappa shape index (κ2) is 8.81. The number of fused-ring (bicyclic) bond motifs is 2. The van der Waals surface area contributed by atoms with Gasteiger partial charge in [0.15, 0.2) is 5.82 Å². The van der Waals surface area contributed by atoms with Crippen molar-refractivity contribution in [2.24, 2.45) is 5.41 Å². The van der Waals surface area contributed by atoms with Crippen LogP contribution in [0, 0.1) is 16.7 Å². The topological polar surface area (TPSA) is 100 Å². The highest BCUT2D eigenvalue weighted by atomic mass is 19.4. The molecule has 1 aliphatic carbocycles. The van der Waals surface area contributed by atoms with Gasteiger partial charge in [0.2, 0.25) is 0 Å². The van der Waals surface area contributed by atoms with Crippen LogP contribution in [0.3, 0.4) is 0 Å². The number of carbonyl (C=O) groups is 1. The van der Waals surface area contributed by atoms with Crippen LogP contribution in [-0.2, 0) is 10.2 Å². The zero-order chi connectivity index (χ0) is 28.5. The van der Waals surface area contributed by atoms with E-state index in [-0.39, 0.29) is 37.5 Å². The smallest absolute Gasteiger partial charge is 0.410 e. The van der Waals surface area contributed by atoms with Gasteiger partial charge in [-0.15, -0.1) is 0 Å². The van der Waals surface area contributed by atoms with E-state index in [9.17, 15) is 23.2 Å². The number of piperidine rings is 2. The maximum Gasteiger partial charge on any atom is 0.410 e. The molecule has 1 amide bonds. The van der Waals surface area contributed by atoms with Crippen molar-refractivity contribution in [3.05, 3.63) is 48.2 Å². The molecule has 9 nitrogen and oxygen atoms in total. The zero-order valence-electron chi connectivity index (χ0n) is 22.6. The molecule has 2 saturated heterocycles. The lowest BCUT2D eigenvalue weighted by atomic mass is 9.95. The van der Waals surface area contributed by atoms with Gasteiger partial charge in [-0.05, 0) is 64.3 Å². The fourth-order valence-corrected chi connectivity index (χ4v) is 6.42. The van der Waals surface area contributed by atoms with Crippen LogP contribution in [-0.4, -0.2) is 68.7 Å². The first-order valence-corrected chi connectivity index (χ1v) is 13.4. The fourth-order valence-electron chi connectivity index (χ4n) is 6.42. The zero-order valence-corrected chi connectivity index (χ0v) is 22.6. The minimum absolute atomic E-state index is 0.0619. The number of amides is 1. The SMILES string of the molecule is CC(C)(C)OC(=O)N1CCC(n2cnc([C@]34CN(c5ccc(C#N)c6ncccc56)C[C@@]3(C(F)(F)F)C4)n2)CC1. The summed E-state index contributed by atoms with van der Waals surface area (Å²) in [5, 5.41) is 14.7. The molecule has 3 aromatic rings. The number of pyridine rings is 1. The third kappa shape index (κ3) is 4.05. The number of anilines is 1. The van der Waals surface area contributed by atoms with Crippen LogP contribution in [0.5, 0.6) is 0 Å². The minimum atomic E-state index is -4.44. The molecule has 1 saturated carbocycles. The van der Waals surface area contributed by atoms with E-state index in [0.29, 0.717) is 48.1 Å². The first kappa shape index (κ1) is 26.3.